The number of fused-ring (bicyclic) bond motifs is 3. The minimum absolute atomic E-state index is 0. The molecule has 1 aliphatic carbocycles. The lowest BCUT2D eigenvalue weighted by atomic mass is 9.95. The quantitative estimate of drug-likeness (QED) is 0.852. The van der Waals surface area contributed by atoms with Crippen molar-refractivity contribution in [3.8, 4) is 0 Å². The monoisotopic (exact) mass is 355 g/mol. The van der Waals surface area contributed by atoms with E-state index in [0.717, 1.165) is 56.8 Å². The second-order valence-electron chi connectivity index (χ2n) is 5.92. The van der Waals surface area contributed by atoms with E-state index in [1.165, 1.54) is 15.1 Å². The molecule has 126 valence electrons. The predicted molar refractivity (Wildman–Crippen MR) is 97.0 cm³/mol. The summed E-state index contributed by atoms with van der Waals surface area (Å²) in [6.45, 7) is 3.91. The predicted octanol–water partition coefficient (Wildman–Crippen LogP) is 1.61. The van der Waals surface area contributed by atoms with Gasteiger partial charge >= 0.3 is 0 Å². The van der Waals surface area contributed by atoms with Crippen molar-refractivity contribution >= 4 is 45.7 Å². The van der Waals surface area contributed by atoms with Crippen LogP contribution in [-0.2, 0) is 17.6 Å². The topological polar surface area (TPSA) is 76.3 Å². The number of nitrogens with two attached hydrogens (primary N) is 1. The molecule has 2 aliphatic rings. The van der Waals surface area contributed by atoms with Gasteiger partial charge in [-0.05, 0) is 18.4 Å². The van der Waals surface area contributed by atoms with Gasteiger partial charge in [0.2, 0.25) is 5.95 Å². The first kappa shape index (κ1) is 16.7. The maximum absolute atomic E-state index is 6.00. The molecule has 23 heavy (non-hydrogen) atoms. The molecule has 3 N–H and O–H groups in total. The van der Waals surface area contributed by atoms with Gasteiger partial charge in [0.05, 0.1) is 16.3 Å². The third-order valence-corrected chi connectivity index (χ3v) is 5.86. The number of aryl methyl sites for hydroxylation is 1. The van der Waals surface area contributed by atoms with Gasteiger partial charge in [0.15, 0.2) is 5.82 Å². The molecule has 0 aromatic carbocycles. The van der Waals surface area contributed by atoms with Crippen molar-refractivity contribution < 1.29 is 4.74 Å². The highest BCUT2D eigenvalue weighted by Crippen LogP contribution is 2.40. The summed E-state index contributed by atoms with van der Waals surface area (Å²) in [6.07, 6.45) is 3.38. The highest BCUT2D eigenvalue weighted by atomic mass is 35.5. The standard InChI is InChI=1S/C15H21N5OS.ClH/c1-21-9-2-3-11-10(8-9)12-13(22-11)14(19-15(16)18-12)20-6-4-17-5-7-20;/h9,17H,2-8H2,1H3,(H2,16,18,19);1H. The van der Waals surface area contributed by atoms with E-state index in [-0.39, 0.29) is 12.4 Å². The molecular weight excluding hydrogens is 334 g/mol. The summed E-state index contributed by atoms with van der Waals surface area (Å²) >= 11 is 1.84. The first-order chi connectivity index (χ1) is 10.8. The zero-order valence-electron chi connectivity index (χ0n) is 13.2. The van der Waals surface area contributed by atoms with Crippen molar-refractivity contribution in [3.63, 3.8) is 0 Å². The second kappa shape index (κ2) is 6.76. The fourth-order valence-corrected chi connectivity index (χ4v) is 4.70. The van der Waals surface area contributed by atoms with Gasteiger partial charge in [0.25, 0.3) is 0 Å². The second-order valence-corrected chi connectivity index (χ2v) is 7.03. The molecule has 4 rings (SSSR count). The molecule has 0 amide bonds. The largest absolute Gasteiger partial charge is 0.381 e. The smallest absolute Gasteiger partial charge is 0.222 e. The molecule has 2 aromatic rings. The molecule has 0 spiro atoms. The van der Waals surface area contributed by atoms with Crippen LogP contribution in [0.5, 0.6) is 0 Å². The average Bonchev–Trinajstić information content (AvgIpc) is 2.92. The molecule has 1 saturated heterocycles. The van der Waals surface area contributed by atoms with Crippen LogP contribution in [0.1, 0.15) is 16.9 Å². The number of rotatable bonds is 2. The van der Waals surface area contributed by atoms with Gasteiger partial charge < -0.3 is 20.7 Å². The van der Waals surface area contributed by atoms with Crippen LogP contribution in [0.2, 0.25) is 0 Å². The SMILES string of the molecule is COC1CCc2sc3c(N4CCNCC4)nc(N)nc3c2C1.Cl. The number of halogens is 1. The van der Waals surface area contributed by atoms with Crippen LogP contribution in [0.25, 0.3) is 10.2 Å². The summed E-state index contributed by atoms with van der Waals surface area (Å²) < 4.78 is 6.75. The van der Waals surface area contributed by atoms with Crippen molar-refractivity contribution in [2.45, 2.75) is 25.4 Å². The van der Waals surface area contributed by atoms with Crippen LogP contribution in [0.4, 0.5) is 11.8 Å². The lowest BCUT2D eigenvalue weighted by Gasteiger charge is -2.28. The van der Waals surface area contributed by atoms with Crippen LogP contribution < -0.4 is 16.0 Å². The minimum atomic E-state index is 0. The van der Waals surface area contributed by atoms with Crippen molar-refractivity contribution in [2.24, 2.45) is 0 Å². The number of aromatic nitrogens is 2. The van der Waals surface area contributed by atoms with Gasteiger partial charge in [0, 0.05) is 44.6 Å². The lowest BCUT2D eigenvalue weighted by molar-refractivity contribution is 0.0919. The molecule has 1 fully saturated rings. The Morgan fingerprint density at radius 1 is 1.30 bits per heavy atom. The molecule has 1 atom stereocenters. The first-order valence-electron chi connectivity index (χ1n) is 7.82. The van der Waals surface area contributed by atoms with E-state index < -0.39 is 0 Å². The Hall–Kier alpha value is -1.15. The van der Waals surface area contributed by atoms with Crippen LogP contribution in [0, 0.1) is 0 Å². The number of thiophene rings is 1. The van der Waals surface area contributed by atoms with E-state index in [0.29, 0.717) is 12.1 Å². The first-order valence-corrected chi connectivity index (χ1v) is 8.64. The van der Waals surface area contributed by atoms with E-state index in [1.54, 1.807) is 7.11 Å². The third-order valence-electron chi connectivity index (χ3n) is 4.59. The maximum atomic E-state index is 6.00. The van der Waals surface area contributed by atoms with Crippen molar-refractivity contribution in [1.29, 1.82) is 0 Å². The van der Waals surface area contributed by atoms with Gasteiger partial charge in [0.1, 0.15) is 0 Å². The van der Waals surface area contributed by atoms with Crippen LogP contribution in [0.15, 0.2) is 0 Å². The molecule has 0 radical (unpaired) electrons. The molecule has 0 bridgehead atoms. The Labute approximate surface area is 145 Å². The van der Waals surface area contributed by atoms with Crippen molar-refractivity contribution in [3.05, 3.63) is 10.4 Å². The maximum Gasteiger partial charge on any atom is 0.222 e. The van der Waals surface area contributed by atoms with Crippen molar-refractivity contribution in [1.82, 2.24) is 15.3 Å². The minimum Gasteiger partial charge on any atom is -0.381 e. The molecule has 3 heterocycles. The van der Waals surface area contributed by atoms with Gasteiger partial charge in [-0.3, -0.25) is 0 Å². The normalized spacial score (nSPS) is 21.1. The summed E-state index contributed by atoms with van der Waals surface area (Å²) in [5.41, 5.74) is 8.37. The lowest BCUT2D eigenvalue weighted by Crippen LogP contribution is -2.44. The van der Waals surface area contributed by atoms with Crippen LogP contribution >= 0.6 is 23.7 Å². The molecule has 1 unspecified atom stereocenters. The number of nitrogens with one attached hydrogen (secondary N) is 1. The molecule has 1 aliphatic heterocycles. The van der Waals surface area contributed by atoms with E-state index in [1.807, 2.05) is 11.3 Å². The average molecular weight is 356 g/mol. The van der Waals surface area contributed by atoms with Gasteiger partial charge in [-0.2, -0.15) is 4.98 Å². The number of nitrogens with zero attached hydrogens (tertiary/aromatic N) is 3. The van der Waals surface area contributed by atoms with E-state index in [2.05, 4.69) is 20.2 Å². The van der Waals surface area contributed by atoms with Crippen LogP contribution in [0.3, 0.4) is 0 Å². The summed E-state index contributed by atoms with van der Waals surface area (Å²) in [5, 5.41) is 3.38. The Bertz CT molecular complexity index is 701. The number of hydrogen-bond donors (Lipinski definition) is 2. The number of ether oxygens (including phenoxy) is 1. The Morgan fingerprint density at radius 2 is 2.09 bits per heavy atom. The molecule has 2 aromatic heterocycles. The molecule has 6 nitrogen and oxygen atoms in total. The molecule has 0 saturated carbocycles. The zero-order valence-corrected chi connectivity index (χ0v) is 14.8. The number of piperazine rings is 1. The number of hydrogen-bond acceptors (Lipinski definition) is 7. The van der Waals surface area contributed by atoms with E-state index >= 15 is 0 Å². The number of anilines is 2. The summed E-state index contributed by atoms with van der Waals surface area (Å²) in [5.74, 6) is 1.39. The highest BCUT2D eigenvalue weighted by molar-refractivity contribution is 7.19. The highest BCUT2D eigenvalue weighted by Gasteiger charge is 2.27. The van der Waals surface area contributed by atoms with Gasteiger partial charge in [-0.25, -0.2) is 4.98 Å². The van der Waals surface area contributed by atoms with Crippen LogP contribution in [-0.4, -0.2) is 49.4 Å². The van der Waals surface area contributed by atoms with Crippen molar-refractivity contribution in [2.75, 3.05) is 43.9 Å². The third kappa shape index (κ3) is 2.98. The van der Waals surface area contributed by atoms with E-state index in [4.69, 9.17) is 10.5 Å². The number of nitrogen functional groups attached to an aromatic ring is 1. The summed E-state index contributed by atoms with van der Waals surface area (Å²) in [4.78, 5) is 12.9. The van der Waals surface area contributed by atoms with Gasteiger partial charge in [-0.1, -0.05) is 0 Å². The zero-order chi connectivity index (χ0) is 15.1. The van der Waals surface area contributed by atoms with Gasteiger partial charge in [-0.15, -0.1) is 23.7 Å². The van der Waals surface area contributed by atoms with E-state index in [9.17, 15) is 0 Å². The fraction of sp³-hybridized carbons (Fsp3) is 0.600. The molecule has 8 heteroatoms. The Balaban J connectivity index is 0.00000156. The number of methoxy groups -OCH3 is 1. The molecular formula is C15H22ClN5OS. The summed E-state index contributed by atoms with van der Waals surface area (Å²) in [7, 11) is 1.79. The fourth-order valence-electron chi connectivity index (χ4n) is 3.40. The Kier molecular flexibility index (Phi) is 4.91. The summed E-state index contributed by atoms with van der Waals surface area (Å²) in [6, 6.07) is 0. The Morgan fingerprint density at radius 3 is 2.83 bits per heavy atom.